The topological polar surface area (TPSA) is 151 Å². The van der Waals surface area contributed by atoms with Crippen LogP contribution in [0.5, 0.6) is 0 Å². The largest absolute Gasteiger partial charge is 0.383 e. The number of nitro benzene ring substituents is 1. The summed E-state index contributed by atoms with van der Waals surface area (Å²) in [4.78, 5) is 30.0. The van der Waals surface area contributed by atoms with Crippen LogP contribution in [0.3, 0.4) is 0 Å². The molecule has 0 bridgehead atoms. The number of nitrogens with zero attached hydrogens (tertiary/aromatic N) is 2. The van der Waals surface area contributed by atoms with Crippen LogP contribution in [0.15, 0.2) is 35.1 Å². The number of fused-ring (bicyclic) bond motifs is 1. The average Bonchev–Trinajstić information content (AvgIpc) is 2.85. The molecule has 0 fully saturated rings. The van der Waals surface area contributed by atoms with Gasteiger partial charge in [0.2, 0.25) is 0 Å². The number of nitrogens with two attached hydrogens (primary N) is 1. The maximum atomic E-state index is 14.6. The molecule has 2 aromatic carbocycles. The zero-order valence-electron chi connectivity index (χ0n) is 19.9. The van der Waals surface area contributed by atoms with Gasteiger partial charge in [-0.2, -0.15) is 0 Å². The summed E-state index contributed by atoms with van der Waals surface area (Å²) < 4.78 is 14.6. The van der Waals surface area contributed by atoms with Crippen molar-refractivity contribution >= 4 is 33.9 Å². The first-order valence-corrected chi connectivity index (χ1v) is 12.3. The molecule has 6 N–H and O–H groups in total. The number of aromatic amines is 1. The predicted octanol–water partition coefficient (Wildman–Crippen LogP) is 3.40. The Bertz CT molecular complexity index is 1240. The second-order valence-electron chi connectivity index (χ2n) is 8.31. The molecule has 194 valence electrons. The molecule has 12 heteroatoms. The molecule has 0 radical (unpaired) electrons. The van der Waals surface area contributed by atoms with Gasteiger partial charge in [0.05, 0.1) is 26.5 Å². The maximum absolute atomic E-state index is 14.6. The summed E-state index contributed by atoms with van der Waals surface area (Å²) in [6, 6.07) is 6.45. The Morgan fingerprint density at radius 1 is 1.03 bits per heavy atom. The van der Waals surface area contributed by atoms with Crippen LogP contribution in [-0.2, 0) is 0 Å². The van der Waals surface area contributed by atoms with Crippen molar-refractivity contribution in [1.82, 2.24) is 20.6 Å². The number of rotatable bonds is 15. The van der Waals surface area contributed by atoms with E-state index in [4.69, 9.17) is 17.3 Å². The molecule has 1 heterocycles. The minimum Gasteiger partial charge on any atom is -0.383 e. The van der Waals surface area contributed by atoms with E-state index < -0.39 is 16.3 Å². The van der Waals surface area contributed by atoms with Gasteiger partial charge in [0.15, 0.2) is 0 Å². The molecule has 3 aromatic rings. The summed E-state index contributed by atoms with van der Waals surface area (Å²) in [6.07, 6.45) is 3.93. The Kier molecular flexibility index (Phi) is 10.6. The summed E-state index contributed by atoms with van der Waals surface area (Å²) >= 11 is 6.19. The average molecular weight is 520 g/mol. The first-order chi connectivity index (χ1) is 17.4. The van der Waals surface area contributed by atoms with E-state index in [-0.39, 0.29) is 38.7 Å². The van der Waals surface area contributed by atoms with E-state index in [9.17, 15) is 19.3 Å². The van der Waals surface area contributed by atoms with E-state index >= 15 is 0 Å². The van der Waals surface area contributed by atoms with Crippen molar-refractivity contribution in [3.8, 4) is 11.4 Å². The maximum Gasteiger partial charge on any atom is 0.270 e. The molecule has 0 saturated heterocycles. The lowest BCUT2D eigenvalue weighted by Crippen LogP contribution is -2.22. The Hall–Kier alpha value is -3.12. The number of nitro groups is 1. The summed E-state index contributed by atoms with van der Waals surface area (Å²) in [5.74, 6) is -0.497. The summed E-state index contributed by atoms with van der Waals surface area (Å²) in [6.45, 7) is 4.87. The van der Waals surface area contributed by atoms with Gasteiger partial charge in [-0.3, -0.25) is 14.9 Å². The lowest BCUT2D eigenvalue weighted by Gasteiger charge is -2.10. The first kappa shape index (κ1) is 27.5. The number of hydrogen-bond acceptors (Lipinski definition) is 8. The fourth-order valence-electron chi connectivity index (χ4n) is 3.64. The molecule has 0 saturated carbocycles. The van der Waals surface area contributed by atoms with Crippen LogP contribution in [0.2, 0.25) is 5.02 Å². The molecule has 1 aromatic heterocycles. The highest BCUT2D eigenvalue weighted by molar-refractivity contribution is 6.33. The fourth-order valence-corrected chi connectivity index (χ4v) is 3.85. The summed E-state index contributed by atoms with van der Waals surface area (Å²) in [7, 11) is 0. The van der Waals surface area contributed by atoms with E-state index in [0.717, 1.165) is 57.9 Å². The highest BCUT2D eigenvalue weighted by Gasteiger charge is 2.16. The van der Waals surface area contributed by atoms with Gasteiger partial charge in [-0.15, -0.1) is 0 Å². The SMILES string of the molecule is NCCCNCCCCNCCCNc1cc2nc(-c3cc([N+](=O)[O-])ccc3Cl)[nH]c(=O)c2cc1F. The number of hydrogen-bond donors (Lipinski definition) is 5. The van der Waals surface area contributed by atoms with Crippen molar-refractivity contribution in [1.29, 1.82) is 0 Å². The quantitative estimate of drug-likeness (QED) is 0.116. The number of H-pyrrole nitrogens is 1. The molecule has 0 aliphatic heterocycles. The summed E-state index contributed by atoms with van der Waals surface area (Å²) in [5.41, 5.74) is 5.38. The van der Waals surface area contributed by atoms with Crippen LogP contribution < -0.4 is 27.2 Å². The fraction of sp³-hybridized carbons (Fsp3) is 0.417. The van der Waals surface area contributed by atoms with Gasteiger partial charge in [0, 0.05) is 24.2 Å². The third kappa shape index (κ3) is 7.69. The van der Waals surface area contributed by atoms with Gasteiger partial charge in [0.1, 0.15) is 11.6 Å². The predicted molar refractivity (Wildman–Crippen MR) is 141 cm³/mol. The molecule has 3 rings (SSSR count). The molecular formula is C24H31ClFN7O3. The number of anilines is 1. The van der Waals surface area contributed by atoms with Crippen LogP contribution in [-0.4, -0.2) is 54.2 Å². The molecule has 0 spiro atoms. The number of nitrogens with one attached hydrogen (secondary N) is 4. The number of non-ortho nitro benzene ring substituents is 1. The van der Waals surface area contributed by atoms with Crippen LogP contribution in [0.1, 0.15) is 25.7 Å². The molecule has 0 aliphatic carbocycles. The Labute approximate surface area is 213 Å². The van der Waals surface area contributed by atoms with Crippen LogP contribution in [0.25, 0.3) is 22.3 Å². The number of halogens is 2. The van der Waals surface area contributed by atoms with Crippen molar-refractivity contribution in [2.45, 2.75) is 25.7 Å². The molecular weight excluding hydrogens is 489 g/mol. The number of aromatic nitrogens is 2. The normalized spacial score (nSPS) is 11.2. The van der Waals surface area contributed by atoms with E-state index in [1.54, 1.807) is 0 Å². The van der Waals surface area contributed by atoms with E-state index in [1.807, 2.05) is 0 Å². The van der Waals surface area contributed by atoms with Crippen LogP contribution >= 0.6 is 11.6 Å². The smallest absolute Gasteiger partial charge is 0.270 e. The molecule has 0 amide bonds. The highest BCUT2D eigenvalue weighted by Crippen LogP contribution is 2.30. The van der Waals surface area contributed by atoms with Crippen molar-refractivity contribution < 1.29 is 9.31 Å². The van der Waals surface area contributed by atoms with Crippen molar-refractivity contribution in [2.75, 3.05) is 44.6 Å². The van der Waals surface area contributed by atoms with Gasteiger partial charge < -0.3 is 26.7 Å². The Morgan fingerprint density at radius 2 is 1.72 bits per heavy atom. The van der Waals surface area contributed by atoms with Crippen molar-refractivity contribution in [3.05, 3.63) is 61.6 Å². The first-order valence-electron chi connectivity index (χ1n) is 11.9. The second kappa shape index (κ2) is 13.8. The van der Waals surface area contributed by atoms with Crippen molar-refractivity contribution in [2.24, 2.45) is 5.73 Å². The standard InChI is InChI=1S/C24H31ClFN7O3/c25-19-6-5-16(33(35)36)13-17(19)23-31-21-15-22(20(26)14-18(21)24(34)32-23)30-12-4-11-29-9-2-1-8-28-10-3-7-27/h5-6,13-15,28-30H,1-4,7-12,27H2,(H,31,32,34). The molecule has 0 atom stereocenters. The van der Waals surface area contributed by atoms with Gasteiger partial charge in [-0.05, 0) is 76.6 Å². The van der Waals surface area contributed by atoms with Gasteiger partial charge in [-0.25, -0.2) is 9.37 Å². The minimum atomic E-state index is -0.568. The van der Waals surface area contributed by atoms with E-state index in [2.05, 4.69) is 25.9 Å². The van der Waals surface area contributed by atoms with Crippen molar-refractivity contribution in [3.63, 3.8) is 0 Å². The molecule has 36 heavy (non-hydrogen) atoms. The zero-order valence-corrected chi connectivity index (χ0v) is 20.7. The zero-order chi connectivity index (χ0) is 25.9. The summed E-state index contributed by atoms with van der Waals surface area (Å²) in [5, 5.41) is 21.2. The van der Waals surface area contributed by atoms with E-state index in [1.165, 1.54) is 24.3 Å². The van der Waals surface area contributed by atoms with Gasteiger partial charge in [-0.1, -0.05) is 11.6 Å². The highest BCUT2D eigenvalue weighted by atomic mass is 35.5. The molecule has 0 aliphatic rings. The second-order valence-corrected chi connectivity index (χ2v) is 8.72. The lowest BCUT2D eigenvalue weighted by molar-refractivity contribution is -0.384. The number of benzene rings is 2. The third-order valence-corrected chi connectivity index (χ3v) is 5.90. The minimum absolute atomic E-state index is 0.0672. The Morgan fingerprint density at radius 3 is 2.42 bits per heavy atom. The Balaban J connectivity index is 1.57. The van der Waals surface area contributed by atoms with Gasteiger partial charge >= 0.3 is 0 Å². The third-order valence-electron chi connectivity index (χ3n) is 5.57. The molecule has 0 unspecified atom stereocenters. The van der Waals surface area contributed by atoms with E-state index in [0.29, 0.717) is 13.1 Å². The van der Waals surface area contributed by atoms with Gasteiger partial charge in [0.25, 0.3) is 11.2 Å². The number of unbranched alkanes of at least 4 members (excludes halogenated alkanes) is 1. The molecule has 10 nitrogen and oxygen atoms in total. The lowest BCUT2D eigenvalue weighted by atomic mass is 10.1. The monoisotopic (exact) mass is 519 g/mol. The van der Waals surface area contributed by atoms with Crippen LogP contribution in [0, 0.1) is 15.9 Å². The van der Waals surface area contributed by atoms with Crippen LogP contribution in [0.4, 0.5) is 15.8 Å².